The Hall–Kier alpha value is -1.72. The first-order valence-corrected chi connectivity index (χ1v) is 11.5. The lowest BCUT2D eigenvalue weighted by atomic mass is 9.87. The van der Waals surface area contributed by atoms with E-state index in [1.807, 2.05) is 76.2 Å². The van der Waals surface area contributed by atoms with Crippen molar-refractivity contribution in [2.24, 2.45) is 5.92 Å². The van der Waals surface area contributed by atoms with Crippen LogP contribution in [0.2, 0.25) is 0 Å². The molecule has 0 radical (unpaired) electrons. The fraction of sp³-hybridized carbons (Fsp3) is 0.538. The summed E-state index contributed by atoms with van der Waals surface area (Å²) in [6, 6.07) is 20.4. The number of aliphatic hydroxyl groups is 1. The lowest BCUT2D eigenvalue weighted by Crippen LogP contribution is -2.27. The molecule has 4 heteroatoms. The predicted octanol–water partition coefficient (Wildman–Crippen LogP) is 6.07. The molecule has 0 amide bonds. The number of rotatable bonds is 4. The Morgan fingerprint density at radius 3 is 2.00 bits per heavy atom. The van der Waals surface area contributed by atoms with E-state index in [0.717, 1.165) is 18.4 Å². The van der Waals surface area contributed by atoms with E-state index in [1.165, 1.54) is 5.56 Å². The third-order valence-corrected chi connectivity index (χ3v) is 5.36. The molecule has 2 aromatic rings. The molecule has 0 aliphatic carbocycles. The van der Waals surface area contributed by atoms with Gasteiger partial charge in [-0.2, -0.15) is 0 Å². The van der Waals surface area contributed by atoms with Crippen LogP contribution in [-0.4, -0.2) is 30.5 Å². The summed E-state index contributed by atoms with van der Waals surface area (Å²) in [5.41, 5.74) is 2.21. The minimum absolute atomic E-state index is 0.00242. The summed E-state index contributed by atoms with van der Waals surface area (Å²) in [7, 11) is 0. The number of hydrogen-bond acceptors (Lipinski definition) is 4. The van der Waals surface area contributed by atoms with E-state index in [9.17, 15) is 5.11 Å². The molecule has 5 atom stereocenters. The Morgan fingerprint density at radius 1 is 0.800 bits per heavy atom. The molecule has 30 heavy (non-hydrogen) atoms. The summed E-state index contributed by atoms with van der Waals surface area (Å²) < 4.78 is 18.9. The van der Waals surface area contributed by atoms with Crippen LogP contribution in [0.15, 0.2) is 60.7 Å². The molecule has 2 heterocycles. The summed E-state index contributed by atoms with van der Waals surface area (Å²) in [6.07, 6.45) is 2.01. The third-order valence-electron chi connectivity index (χ3n) is 5.36. The molecule has 2 aliphatic heterocycles. The van der Waals surface area contributed by atoms with Gasteiger partial charge in [0.1, 0.15) is 0 Å². The molecule has 2 bridgehead atoms. The Bertz CT molecular complexity index is 676. The van der Waals surface area contributed by atoms with Crippen molar-refractivity contribution in [1.29, 1.82) is 0 Å². The molecule has 2 aliphatic rings. The number of ether oxygens (including phenoxy) is 3. The summed E-state index contributed by atoms with van der Waals surface area (Å²) in [6.45, 7) is 8.68. The lowest BCUT2D eigenvalue weighted by Gasteiger charge is -2.29. The number of aliphatic hydroxyl groups excluding tert-OH is 1. The summed E-state index contributed by atoms with van der Waals surface area (Å²) in [5, 5.41) is 9.57. The maximum absolute atomic E-state index is 9.57. The maximum atomic E-state index is 9.57. The molecule has 2 aromatic carbocycles. The second kappa shape index (κ2) is 13.6. The molecule has 166 valence electrons. The van der Waals surface area contributed by atoms with Crippen molar-refractivity contribution in [3.05, 3.63) is 71.8 Å². The molecule has 5 unspecified atom stereocenters. The van der Waals surface area contributed by atoms with Gasteiger partial charge >= 0.3 is 0 Å². The highest BCUT2D eigenvalue weighted by atomic mass is 16.7. The fourth-order valence-corrected chi connectivity index (χ4v) is 4.04. The Kier molecular flexibility index (Phi) is 11.1. The Morgan fingerprint density at radius 2 is 1.40 bits per heavy atom. The summed E-state index contributed by atoms with van der Waals surface area (Å²) >= 11 is 0. The van der Waals surface area contributed by atoms with Gasteiger partial charge in [0.05, 0.1) is 24.9 Å². The van der Waals surface area contributed by atoms with Crippen LogP contribution in [0.1, 0.15) is 70.5 Å². The van der Waals surface area contributed by atoms with Crippen LogP contribution in [0.5, 0.6) is 0 Å². The molecule has 4 rings (SSSR count). The summed E-state index contributed by atoms with van der Waals surface area (Å²) in [4.78, 5) is 0. The van der Waals surface area contributed by atoms with Gasteiger partial charge in [-0.25, -0.2) is 0 Å². The SMILES string of the molecule is CC.CC.OCCC1OC(c2ccccc2)OC2COC(c3ccccc3)CC1C2. The lowest BCUT2D eigenvalue weighted by molar-refractivity contribution is -0.202. The van der Waals surface area contributed by atoms with Gasteiger partial charge in [0.2, 0.25) is 0 Å². The molecule has 2 fully saturated rings. The van der Waals surface area contributed by atoms with Crippen LogP contribution in [-0.2, 0) is 14.2 Å². The Balaban J connectivity index is 0.000000757. The normalized spacial score (nSPS) is 28.0. The highest BCUT2D eigenvalue weighted by molar-refractivity contribution is 5.19. The van der Waals surface area contributed by atoms with Gasteiger partial charge in [-0.05, 0) is 30.7 Å². The van der Waals surface area contributed by atoms with Crippen molar-refractivity contribution in [3.8, 4) is 0 Å². The van der Waals surface area contributed by atoms with E-state index in [2.05, 4.69) is 12.1 Å². The third kappa shape index (κ3) is 6.64. The highest BCUT2D eigenvalue weighted by Crippen LogP contribution is 2.40. The van der Waals surface area contributed by atoms with E-state index in [-0.39, 0.29) is 24.9 Å². The largest absolute Gasteiger partial charge is 0.396 e. The van der Waals surface area contributed by atoms with E-state index in [0.29, 0.717) is 18.9 Å². The van der Waals surface area contributed by atoms with E-state index in [4.69, 9.17) is 14.2 Å². The van der Waals surface area contributed by atoms with Crippen molar-refractivity contribution in [2.75, 3.05) is 13.2 Å². The molecule has 4 nitrogen and oxygen atoms in total. The van der Waals surface area contributed by atoms with Gasteiger partial charge in [0, 0.05) is 12.2 Å². The van der Waals surface area contributed by atoms with Gasteiger partial charge in [-0.1, -0.05) is 88.4 Å². The molecule has 0 aromatic heterocycles. The molecule has 0 saturated carbocycles. The average molecular weight is 415 g/mol. The van der Waals surface area contributed by atoms with E-state index in [1.54, 1.807) is 0 Å². The van der Waals surface area contributed by atoms with Crippen LogP contribution in [0, 0.1) is 5.92 Å². The van der Waals surface area contributed by atoms with Gasteiger partial charge in [-0.15, -0.1) is 0 Å². The minimum Gasteiger partial charge on any atom is -0.396 e. The van der Waals surface area contributed by atoms with E-state index >= 15 is 0 Å². The molecular formula is C26H38O4. The zero-order valence-corrected chi connectivity index (χ0v) is 18.9. The minimum atomic E-state index is -0.403. The van der Waals surface area contributed by atoms with Crippen LogP contribution in [0.25, 0.3) is 0 Å². The zero-order valence-electron chi connectivity index (χ0n) is 18.9. The van der Waals surface area contributed by atoms with Crippen molar-refractivity contribution in [2.45, 2.75) is 71.6 Å². The first-order valence-electron chi connectivity index (χ1n) is 11.5. The second-order valence-electron chi connectivity index (χ2n) is 7.15. The van der Waals surface area contributed by atoms with Gasteiger partial charge < -0.3 is 19.3 Å². The molecular weight excluding hydrogens is 376 g/mol. The molecule has 1 N–H and O–H groups in total. The monoisotopic (exact) mass is 414 g/mol. The predicted molar refractivity (Wildman–Crippen MR) is 121 cm³/mol. The topological polar surface area (TPSA) is 47.9 Å². The number of benzene rings is 2. The highest BCUT2D eigenvalue weighted by Gasteiger charge is 2.38. The van der Waals surface area contributed by atoms with Gasteiger partial charge in [0.25, 0.3) is 0 Å². The number of hydrogen-bond donors (Lipinski definition) is 1. The quantitative estimate of drug-likeness (QED) is 0.659. The van der Waals surface area contributed by atoms with Crippen LogP contribution < -0.4 is 0 Å². The molecule has 0 spiro atoms. The van der Waals surface area contributed by atoms with Gasteiger partial charge in [-0.3, -0.25) is 0 Å². The maximum Gasteiger partial charge on any atom is 0.184 e. The van der Waals surface area contributed by atoms with Crippen LogP contribution in [0.3, 0.4) is 0 Å². The van der Waals surface area contributed by atoms with Crippen molar-refractivity contribution in [1.82, 2.24) is 0 Å². The van der Waals surface area contributed by atoms with Gasteiger partial charge in [0.15, 0.2) is 6.29 Å². The van der Waals surface area contributed by atoms with E-state index < -0.39 is 6.29 Å². The van der Waals surface area contributed by atoms with Crippen molar-refractivity contribution >= 4 is 0 Å². The first kappa shape index (κ1) is 24.5. The standard InChI is InChI=1S/C22H26O4.2C2H6/c23-12-11-20-18-13-19(25-22(26-20)17-9-5-2-6-10-17)15-24-21(14-18)16-7-3-1-4-8-16;2*1-2/h1-10,18-23H,11-15H2;2*1-2H3. The van der Waals surface area contributed by atoms with Crippen LogP contribution >= 0.6 is 0 Å². The fourth-order valence-electron chi connectivity index (χ4n) is 4.04. The smallest absolute Gasteiger partial charge is 0.184 e. The number of fused-ring (bicyclic) bond motifs is 2. The summed E-state index contributed by atoms with van der Waals surface area (Å²) in [5.74, 6) is 0.300. The van der Waals surface area contributed by atoms with Crippen LogP contribution in [0.4, 0.5) is 0 Å². The average Bonchev–Trinajstić information content (AvgIpc) is 3.15. The Labute approximate surface area is 182 Å². The second-order valence-corrected chi connectivity index (χ2v) is 7.15. The molecule has 2 saturated heterocycles. The van der Waals surface area contributed by atoms with Crippen molar-refractivity contribution in [3.63, 3.8) is 0 Å². The zero-order chi connectivity index (χ0) is 21.8. The van der Waals surface area contributed by atoms with Crippen molar-refractivity contribution < 1.29 is 19.3 Å². The first-order chi connectivity index (χ1) is 14.8.